The van der Waals surface area contributed by atoms with Gasteiger partial charge in [0.05, 0.1) is 0 Å². The molecule has 112 valence electrons. The topological polar surface area (TPSA) is 45.4 Å². The highest BCUT2D eigenvalue weighted by molar-refractivity contribution is 7.15. The zero-order chi connectivity index (χ0) is 14.8. The molecule has 0 spiro atoms. The molecule has 1 atom stereocenters. The van der Waals surface area contributed by atoms with Gasteiger partial charge in [-0.2, -0.15) is 0 Å². The third-order valence-corrected chi connectivity index (χ3v) is 5.14. The molecule has 21 heavy (non-hydrogen) atoms. The van der Waals surface area contributed by atoms with Crippen LogP contribution in [0.25, 0.3) is 0 Å². The van der Waals surface area contributed by atoms with Crippen molar-refractivity contribution in [2.75, 3.05) is 36.0 Å². The van der Waals surface area contributed by atoms with Crippen LogP contribution in [-0.4, -0.2) is 31.2 Å². The molecule has 1 saturated heterocycles. The van der Waals surface area contributed by atoms with Gasteiger partial charge in [-0.25, -0.2) is 4.98 Å². The Balaban J connectivity index is 1.64. The molecule has 2 N–H and O–H groups in total. The Kier molecular flexibility index (Phi) is 4.12. The lowest BCUT2D eigenvalue weighted by Crippen LogP contribution is -2.46. The molecule has 1 fully saturated rings. The van der Waals surface area contributed by atoms with Crippen molar-refractivity contribution in [3.05, 3.63) is 40.9 Å². The molecule has 0 bridgehead atoms. The standard InChI is InChI=1S/C16H22N4S/c1-12-4-3-5-14(10-12)19-6-8-20(9-7-19)16-18-11-15(21-16)13(2)17/h3-5,10-11,13H,6-9,17H2,1-2H3. The second-order valence-corrected chi connectivity index (χ2v) is 6.69. The Hall–Kier alpha value is -1.59. The number of thiazole rings is 1. The van der Waals surface area contributed by atoms with E-state index < -0.39 is 0 Å². The van der Waals surface area contributed by atoms with Crippen LogP contribution in [0.15, 0.2) is 30.5 Å². The highest BCUT2D eigenvalue weighted by Crippen LogP contribution is 2.27. The molecule has 2 aromatic rings. The first-order valence-corrected chi connectivity index (χ1v) is 8.23. The van der Waals surface area contributed by atoms with Crippen molar-refractivity contribution < 1.29 is 0 Å². The van der Waals surface area contributed by atoms with E-state index >= 15 is 0 Å². The quantitative estimate of drug-likeness (QED) is 0.947. The van der Waals surface area contributed by atoms with Crippen LogP contribution in [0.5, 0.6) is 0 Å². The van der Waals surface area contributed by atoms with Crippen LogP contribution in [0.1, 0.15) is 23.4 Å². The minimum absolute atomic E-state index is 0.0739. The third kappa shape index (κ3) is 3.19. The maximum atomic E-state index is 5.91. The summed E-state index contributed by atoms with van der Waals surface area (Å²) in [5.74, 6) is 0. The summed E-state index contributed by atoms with van der Waals surface area (Å²) >= 11 is 1.72. The predicted molar refractivity (Wildman–Crippen MR) is 90.3 cm³/mol. The van der Waals surface area contributed by atoms with E-state index in [0.29, 0.717) is 0 Å². The first-order chi connectivity index (χ1) is 10.1. The van der Waals surface area contributed by atoms with Crippen molar-refractivity contribution in [2.45, 2.75) is 19.9 Å². The van der Waals surface area contributed by atoms with E-state index in [4.69, 9.17) is 5.73 Å². The summed E-state index contributed by atoms with van der Waals surface area (Å²) in [7, 11) is 0. The van der Waals surface area contributed by atoms with E-state index in [2.05, 4.69) is 46.0 Å². The molecule has 1 aliphatic rings. The maximum Gasteiger partial charge on any atom is 0.185 e. The van der Waals surface area contributed by atoms with Gasteiger partial charge in [0, 0.05) is 49.0 Å². The number of benzene rings is 1. The van der Waals surface area contributed by atoms with Gasteiger partial charge in [-0.1, -0.05) is 12.1 Å². The van der Waals surface area contributed by atoms with Gasteiger partial charge >= 0.3 is 0 Å². The van der Waals surface area contributed by atoms with Crippen LogP contribution in [0.2, 0.25) is 0 Å². The van der Waals surface area contributed by atoms with Crippen LogP contribution in [0, 0.1) is 6.92 Å². The number of hydrogen-bond acceptors (Lipinski definition) is 5. The summed E-state index contributed by atoms with van der Waals surface area (Å²) in [6.07, 6.45) is 1.91. The van der Waals surface area contributed by atoms with Crippen molar-refractivity contribution in [3.8, 4) is 0 Å². The van der Waals surface area contributed by atoms with E-state index in [1.54, 1.807) is 11.3 Å². The number of aryl methyl sites for hydroxylation is 1. The van der Waals surface area contributed by atoms with Gasteiger partial charge in [-0.15, -0.1) is 11.3 Å². The zero-order valence-electron chi connectivity index (χ0n) is 12.6. The Morgan fingerprint density at radius 2 is 1.90 bits per heavy atom. The van der Waals surface area contributed by atoms with E-state index in [1.807, 2.05) is 13.1 Å². The number of piperazine rings is 1. The molecule has 1 unspecified atom stereocenters. The van der Waals surface area contributed by atoms with Crippen molar-refractivity contribution in [1.82, 2.24) is 4.98 Å². The molecule has 1 aromatic heterocycles. The summed E-state index contributed by atoms with van der Waals surface area (Å²) in [6, 6.07) is 8.80. The first kappa shape index (κ1) is 14.4. The number of aromatic nitrogens is 1. The van der Waals surface area contributed by atoms with E-state index in [9.17, 15) is 0 Å². The second-order valence-electron chi connectivity index (χ2n) is 5.65. The van der Waals surface area contributed by atoms with Crippen LogP contribution < -0.4 is 15.5 Å². The van der Waals surface area contributed by atoms with Crippen LogP contribution in [0.3, 0.4) is 0 Å². The molecule has 3 rings (SSSR count). The van der Waals surface area contributed by atoms with Crippen molar-refractivity contribution in [2.24, 2.45) is 5.73 Å². The van der Waals surface area contributed by atoms with Gasteiger partial charge in [0.2, 0.25) is 0 Å². The lowest BCUT2D eigenvalue weighted by molar-refractivity contribution is 0.652. The molecule has 1 aliphatic heterocycles. The van der Waals surface area contributed by atoms with E-state index in [1.165, 1.54) is 11.3 Å². The fourth-order valence-corrected chi connectivity index (χ4v) is 3.53. The molecule has 5 heteroatoms. The van der Waals surface area contributed by atoms with Gasteiger partial charge in [0.1, 0.15) is 0 Å². The molecule has 4 nitrogen and oxygen atoms in total. The number of nitrogens with zero attached hydrogens (tertiary/aromatic N) is 3. The fraction of sp³-hybridized carbons (Fsp3) is 0.438. The maximum absolute atomic E-state index is 5.91. The van der Waals surface area contributed by atoms with Gasteiger partial charge in [-0.05, 0) is 31.5 Å². The molecule has 0 amide bonds. The highest BCUT2D eigenvalue weighted by Gasteiger charge is 2.20. The van der Waals surface area contributed by atoms with Crippen LogP contribution in [0.4, 0.5) is 10.8 Å². The lowest BCUT2D eigenvalue weighted by atomic mass is 10.2. The lowest BCUT2D eigenvalue weighted by Gasteiger charge is -2.36. The fourth-order valence-electron chi connectivity index (χ4n) is 2.61. The number of rotatable bonds is 3. The molecule has 0 radical (unpaired) electrons. The van der Waals surface area contributed by atoms with Crippen molar-refractivity contribution in [1.29, 1.82) is 0 Å². The molecule has 1 aromatic carbocycles. The molecular weight excluding hydrogens is 280 g/mol. The average Bonchev–Trinajstić information content (AvgIpc) is 2.97. The largest absolute Gasteiger partial charge is 0.368 e. The van der Waals surface area contributed by atoms with Gasteiger partial charge < -0.3 is 15.5 Å². The summed E-state index contributed by atoms with van der Waals surface area (Å²) in [6.45, 7) is 8.25. The Morgan fingerprint density at radius 3 is 2.52 bits per heavy atom. The molecule has 0 aliphatic carbocycles. The van der Waals surface area contributed by atoms with Crippen LogP contribution in [-0.2, 0) is 0 Å². The molecule has 0 saturated carbocycles. The number of nitrogens with two attached hydrogens (primary N) is 1. The predicted octanol–water partition coefficient (Wildman–Crippen LogP) is 2.80. The summed E-state index contributed by atoms with van der Waals surface area (Å²) in [5.41, 5.74) is 8.55. The van der Waals surface area contributed by atoms with Gasteiger partial charge in [0.15, 0.2) is 5.13 Å². The third-order valence-electron chi connectivity index (χ3n) is 3.88. The minimum Gasteiger partial charge on any atom is -0.368 e. The van der Waals surface area contributed by atoms with Gasteiger partial charge in [-0.3, -0.25) is 0 Å². The SMILES string of the molecule is Cc1cccc(N2CCN(c3ncc(C(C)N)s3)CC2)c1. The van der Waals surface area contributed by atoms with Gasteiger partial charge in [0.25, 0.3) is 0 Å². The number of hydrogen-bond donors (Lipinski definition) is 1. The minimum atomic E-state index is 0.0739. The average molecular weight is 302 g/mol. The molecule has 2 heterocycles. The molecular formula is C16H22N4S. The second kappa shape index (κ2) is 6.03. The summed E-state index contributed by atoms with van der Waals surface area (Å²) in [4.78, 5) is 10.5. The first-order valence-electron chi connectivity index (χ1n) is 7.41. The van der Waals surface area contributed by atoms with Crippen LogP contribution >= 0.6 is 11.3 Å². The summed E-state index contributed by atoms with van der Waals surface area (Å²) in [5, 5.41) is 1.10. The van der Waals surface area contributed by atoms with E-state index in [0.717, 1.165) is 36.2 Å². The summed E-state index contributed by atoms with van der Waals surface area (Å²) < 4.78 is 0. The van der Waals surface area contributed by atoms with Crippen molar-refractivity contribution >= 4 is 22.2 Å². The smallest absolute Gasteiger partial charge is 0.185 e. The zero-order valence-corrected chi connectivity index (χ0v) is 13.4. The Bertz CT molecular complexity index is 600. The van der Waals surface area contributed by atoms with Crippen molar-refractivity contribution in [3.63, 3.8) is 0 Å². The monoisotopic (exact) mass is 302 g/mol. The number of anilines is 2. The normalized spacial score (nSPS) is 17.1. The van der Waals surface area contributed by atoms with E-state index in [-0.39, 0.29) is 6.04 Å². The highest BCUT2D eigenvalue weighted by atomic mass is 32.1. The Labute approximate surface area is 130 Å². The Morgan fingerprint density at radius 1 is 1.19 bits per heavy atom.